The predicted molar refractivity (Wildman–Crippen MR) is 70.5 cm³/mol. The minimum absolute atomic E-state index is 0.0194. The number of carbonyl (C=O) groups is 1. The number of aryl methyl sites for hydroxylation is 1. The molecule has 1 aromatic heterocycles. The lowest BCUT2D eigenvalue weighted by molar-refractivity contribution is 0.0942. The van der Waals surface area contributed by atoms with Crippen LogP contribution in [0, 0.1) is 0 Å². The molecular weight excluding hydrogens is 224 g/mol. The molecule has 2 aromatic rings. The average molecular weight is 240 g/mol. The Morgan fingerprint density at radius 1 is 1.22 bits per heavy atom. The summed E-state index contributed by atoms with van der Waals surface area (Å²) in [4.78, 5) is 12.0. The van der Waals surface area contributed by atoms with Crippen LogP contribution in [0.4, 0.5) is 0 Å². The summed E-state index contributed by atoms with van der Waals surface area (Å²) >= 11 is 0. The first-order valence-corrected chi connectivity index (χ1v) is 6.23. The van der Waals surface area contributed by atoms with Gasteiger partial charge in [-0.05, 0) is 24.1 Å². The van der Waals surface area contributed by atoms with Crippen molar-refractivity contribution >= 4 is 5.91 Å². The number of aromatic nitrogens is 1. The standard InChI is InChI=1S/C15H16N2O/c1-17-9-5-8-14(17)15(18)16-13-10-12(13)11-6-3-2-4-7-11/h2-9,12-13H,10H2,1H3,(H,16,18)/t12-,13-/m0/s1. The van der Waals surface area contributed by atoms with Crippen LogP contribution < -0.4 is 5.32 Å². The Labute approximate surface area is 106 Å². The molecule has 1 heterocycles. The van der Waals surface area contributed by atoms with Crippen molar-refractivity contribution in [1.29, 1.82) is 0 Å². The number of nitrogens with zero attached hydrogens (tertiary/aromatic N) is 1. The van der Waals surface area contributed by atoms with Crippen LogP contribution in [-0.2, 0) is 7.05 Å². The van der Waals surface area contributed by atoms with E-state index in [4.69, 9.17) is 0 Å². The fourth-order valence-corrected chi connectivity index (χ4v) is 2.36. The Kier molecular flexibility index (Phi) is 2.67. The first kappa shape index (κ1) is 11.1. The largest absolute Gasteiger partial charge is 0.347 e. The van der Waals surface area contributed by atoms with Gasteiger partial charge in [0.05, 0.1) is 0 Å². The third-order valence-electron chi connectivity index (χ3n) is 3.51. The maximum absolute atomic E-state index is 12.0. The second kappa shape index (κ2) is 4.33. The molecule has 18 heavy (non-hydrogen) atoms. The van der Waals surface area contributed by atoms with Crippen molar-refractivity contribution in [2.45, 2.75) is 18.4 Å². The van der Waals surface area contributed by atoms with Gasteiger partial charge in [-0.1, -0.05) is 30.3 Å². The van der Waals surface area contributed by atoms with Crippen LogP contribution in [-0.4, -0.2) is 16.5 Å². The van der Waals surface area contributed by atoms with Gasteiger partial charge in [0.2, 0.25) is 0 Å². The molecule has 1 aliphatic carbocycles. The van der Waals surface area contributed by atoms with Crippen LogP contribution in [0.15, 0.2) is 48.7 Å². The highest BCUT2D eigenvalue weighted by atomic mass is 16.2. The maximum Gasteiger partial charge on any atom is 0.268 e. The normalized spacial score (nSPS) is 21.6. The molecule has 0 radical (unpaired) electrons. The zero-order valence-electron chi connectivity index (χ0n) is 10.3. The van der Waals surface area contributed by atoms with E-state index in [0.717, 1.165) is 6.42 Å². The van der Waals surface area contributed by atoms with Crippen molar-refractivity contribution in [3.8, 4) is 0 Å². The van der Waals surface area contributed by atoms with Crippen LogP contribution in [0.1, 0.15) is 28.4 Å². The Bertz CT molecular complexity index is 559. The fourth-order valence-electron chi connectivity index (χ4n) is 2.36. The van der Waals surface area contributed by atoms with E-state index >= 15 is 0 Å². The van der Waals surface area contributed by atoms with E-state index in [-0.39, 0.29) is 11.9 Å². The van der Waals surface area contributed by atoms with Crippen LogP contribution >= 0.6 is 0 Å². The lowest BCUT2D eigenvalue weighted by atomic mass is 10.1. The maximum atomic E-state index is 12.0. The predicted octanol–water partition coefficient (Wildman–Crippen LogP) is 2.31. The highest BCUT2D eigenvalue weighted by Gasteiger charge is 2.39. The number of hydrogen-bond donors (Lipinski definition) is 1. The van der Waals surface area contributed by atoms with Gasteiger partial charge in [0.1, 0.15) is 5.69 Å². The van der Waals surface area contributed by atoms with Gasteiger partial charge in [-0.2, -0.15) is 0 Å². The van der Waals surface area contributed by atoms with E-state index in [2.05, 4.69) is 17.4 Å². The van der Waals surface area contributed by atoms with Crippen molar-refractivity contribution < 1.29 is 4.79 Å². The second-order valence-electron chi connectivity index (χ2n) is 4.84. The highest BCUT2D eigenvalue weighted by Crippen LogP contribution is 2.40. The molecule has 92 valence electrons. The summed E-state index contributed by atoms with van der Waals surface area (Å²) in [7, 11) is 1.89. The lowest BCUT2D eigenvalue weighted by Gasteiger charge is -2.05. The van der Waals surface area contributed by atoms with Crippen molar-refractivity contribution in [3.63, 3.8) is 0 Å². The molecule has 1 saturated carbocycles. The Hall–Kier alpha value is -2.03. The number of carbonyl (C=O) groups excluding carboxylic acids is 1. The highest BCUT2D eigenvalue weighted by molar-refractivity contribution is 5.93. The molecule has 2 atom stereocenters. The summed E-state index contributed by atoms with van der Waals surface area (Å²) in [5, 5.41) is 3.09. The van der Waals surface area contributed by atoms with E-state index in [1.54, 1.807) is 0 Å². The third kappa shape index (κ3) is 2.04. The Balaban J connectivity index is 1.64. The van der Waals surface area contributed by atoms with Gasteiger partial charge in [0, 0.05) is 25.2 Å². The summed E-state index contributed by atoms with van der Waals surface area (Å²) in [6, 6.07) is 14.4. The van der Waals surface area contributed by atoms with Crippen LogP contribution in [0.5, 0.6) is 0 Å². The Morgan fingerprint density at radius 2 is 2.00 bits per heavy atom. The monoisotopic (exact) mass is 240 g/mol. The second-order valence-corrected chi connectivity index (χ2v) is 4.84. The molecule has 0 unspecified atom stereocenters. The first-order chi connectivity index (χ1) is 8.75. The summed E-state index contributed by atoms with van der Waals surface area (Å²) in [5.41, 5.74) is 2.03. The van der Waals surface area contributed by atoms with Crippen molar-refractivity contribution in [2.75, 3.05) is 0 Å². The van der Waals surface area contributed by atoms with Crippen LogP contribution in [0.25, 0.3) is 0 Å². The number of hydrogen-bond acceptors (Lipinski definition) is 1. The summed E-state index contributed by atoms with van der Waals surface area (Å²) < 4.78 is 1.84. The minimum atomic E-state index is 0.0194. The van der Waals surface area contributed by atoms with Crippen molar-refractivity contribution in [2.24, 2.45) is 7.05 Å². The molecule has 0 aliphatic heterocycles. The zero-order chi connectivity index (χ0) is 12.5. The van der Waals surface area contributed by atoms with E-state index in [1.165, 1.54) is 5.56 Å². The summed E-state index contributed by atoms with van der Waals surface area (Å²) in [6.07, 6.45) is 2.93. The SMILES string of the molecule is Cn1cccc1C(=O)N[C@H]1C[C@H]1c1ccccc1. The van der Waals surface area contributed by atoms with Gasteiger partial charge >= 0.3 is 0 Å². The van der Waals surface area contributed by atoms with Crippen LogP contribution in [0.2, 0.25) is 0 Å². The van der Waals surface area contributed by atoms with Gasteiger partial charge in [-0.25, -0.2) is 0 Å². The molecule has 3 nitrogen and oxygen atoms in total. The molecule has 0 bridgehead atoms. The van der Waals surface area contributed by atoms with Gasteiger partial charge in [-0.3, -0.25) is 4.79 Å². The van der Waals surface area contributed by atoms with Crippen molar-refractivity contribution in [1.82, 2.24) is 9.88 Å². The third-order valence-corrected chi connectivity index (χ3v) is 3.51. The van der Waals surface area contributed by atoms with Gasteiger partial charge < -0.3 is 9.88 Å². The minimum Gasteiger partial charge on any atom is -0.347 e. The summed E-state index contributed by atoms with van der Waals surface area (Å²) in [6.45, 7) is 0. The smallest absolute Gasteiger partial charge is 0.268 e. The molecular formula is C15H16N2O. The van der Waals surface area contributed by atoms with E-state index in [0.29, 0.717) is 11.6 Å². The quantitative estimate of drug-likeness (QED) is 0.877. The molecule has 1 aromatic carbocycles. The molecule has 0 saturated heterocycles. The number of amides is 1. The van der Waals surface area contributed by atoms with Gasteiger partial charge in [0.25, 0.3) is 5.91 Å². The van der Waals surface area contributed by atoms with E-state index in [1.807, 2.05) is 48.1 Å². The van der Waals surface area contributed by atoms with E-state index in [9.17, 15) is 4.79 Å². The number of benzene rings is 1. The number of nitrogens with one attached hydrogen (secondary N) is 1. The van der Waals surface area contributed by atoms with Crippen molar-refractivity contribution in [3.05, 3.63) is 59.9 Å². The molecule has 1 amide bonds. The first-order valence-electron chi connectivity index (χ1n) is 6.23. The molecule has 1 aliphatic rings. The lowest BCUT2D eigenvalue weighted by Crippen LogP contribution is -2.28. The summed E-state index contributed by atoms with van der Waals surface area (Å²) in [5.74, 6) is 0.501. The van der Waals surface area contributed by atoms with Crippen LogP contribution in [0.3, 0.4) is 0 Å². The molecule has 1 fully saturated rings. The molecule has 3 rings (SSSR count). The van der Waals surface area contributed by atoms with E-state index < -0.39 is 0 Å². The molecule has 1 N–H and O–H groups in total. The number of rotatable bonds is 3. The topological polar surface area (TPSA) is 34.0 Å². The average Bonchev–Trinajstić information content (AvgIpc) is 3.01. The molecule has 0 spiro atoms. The Morgan fingerprint density at radius 3 is 2.67 bits per heavy atom. The van der Waals surface area contributed by atoms with Gasteiger partial charge in [-0.15, -0.1) is 0 Å². The molecule has 3 heteroatoms. The van der Waals surface area contributed by atoms with Gasteiger partial charge in [0.15, 0.2) is 0 Å². The fraction of sp³-hybridized carbons (Fsp3) is 0.267. The zero-order valence-corrected chi connectivity index (χ0v) is 10.3.